The Kier molecular flexibility index (Phi) is 5.86. The molecule has 0 aliphatic rings. The van der Waals surface area contributed by atoms with Crippen LogP contribution in [0.1, 0.15) is 31.3 Å². The van der Waals surface area contributed by atoms with E-state index >= 15 is 0 Å². The first-order valence-corrected chi connectivity index (χ1v) is 6.47. The molecule has 0 amide bonds. The van der Waals surface area contributed by atoms with Crippen molar-refractivity contribution in [3.05, 3.63) is 28.2 Å². The number of carbonyl (C=O) groups is 1. The number of nitrogens with zero attached hydrogens (tertiary/aromatic N) is 1. The van der Waals surface area contributed by atoms with Crippen molar-refractivity contribution < 1.29 is 9.53 Å². The highest BCUT2D eigenvalue weighted by Gasteiger charge is 2.08. The second kappa shape index (κ2) is 7.19. The maximum Gasteiger partial charge on any atom is 0.333 e. The van der Waals surface area contributed by atoms with Gasteiger partial charge in [0, 0.05) is 23.7 Å². The quantitative estimate of drug-likeness (QED) is 0.625. The molecule has 0 aliphatic heterocycles. The third-order valence-electron chi connectivity index (χ3n) is 2.42. The molecule has 1 N–H and O–H groups in total. The summed E-state index contributed by atoms with van der Waals surface area (Å²) in [7, 11) is 1.40. The van der Waals surface area contributed by atoms with Gasteiger partial charge in [-0.25, -0.2) is 9.78 Å². The molecule has 1 heterocycles. The van der Waals surface area contributed by atoms with Gasteiger partial charge in [-0.05, 0) is 13.3 Å². The Morgan fingerprint density at radius 2 is 2.47 bits per heavy atom. The SMILES string of the molecule is CC/C(=C/CNC(C)c1nccs1)C(=O)OC. The molecule has 4 nitrogen and oxygen atoms in total. The number of esters is 1. The van der Waals surface area contributed by atoms with Crippen LogP contribution in [0.4, 0.5) is 0 Å². The van der Waals surface area contributed by atoms with E-state index in [1.165, 1.54) is 7.11 Å². The molecule has 0 saturated heterocycles. The van der Waals surface area contributed by atoms with Gasteiger partial charge in [0.1, 0.15) is 5.01 Å². The van der Waals surface area contributed by atoms with Crippen LogP contribution in [-0.4, -0.2) is 24.6 Å². The standard InChI is InChI=1S/C12H18N2O2S/c1-4-10(12(15)16-3)5-6-13-9(2)11-14-7-8-17-11/h5,7-9,13H,4,6H2,1-3H3/b10-5-. The molecule has 0 aliphatic carbocycles. The van der Waals surface area contributed by atoms with Crippen LogP contribution in [-0.2, 0) is 9.53 Å². The van der Waals surface area contributed by atoms with Gasteiger partial charge in [0.2, 0.25) is 0 Å². The lowest BCUT2D eigenvalue weighted by atomic mass is 10.2. The predicted octanol–water partition coefficient (Wildman–Crippen LogP) is 2.30. The van der Waals surface area contributed by atoms with Crippen molar-refractivity contribution in [3.8, 4) is 0 Å². The summed E-state index contributed by atoms with van der Waals surface area (Å²) in [5.74, 6) is -0.254. The van der Waals surface area contributed by atoms with Crippen molar-refractivity contribution >= 4 is 17.3 Å². The van der Waals surface area contributed by atoms with Gasteiger partial charge in [-0.1, -0.05) is 13.0 Å². The van der Waals surface area contributed by atoms with Crippen LogP contribution in [0, 0.1) is 0 Å². The van der Waals surface area contributed by atoms with Crippen molar-refractivity contribution in [1.82, 2.24) is 10.3 Å². The molecule has 1 aromatic rings. The molecule has 1 rings (SSSR count). The lowest BCUT2D eigenvalue weighted by Gasteiger charge is -2.09. The zero-order chi connectivity index (χ0) is 12.7. The van der Waals surface area contributed by atoms with Crippen molar-refractivity contribution in [2.75, 3.05) is 13.7 Å². The minimum atomic E-state index is -0.254. The Labute approximate surface area is 106 Å². The molecule has 0 radical (unpaired) electrons. The Bertz CT molecular complexity index is 374. The van der Waals surface area contributed by atoms with Gasteiger partial charge < -0.3 is 10.1 Å². The number of nitrogens with one attached hydrogen (secondary N) is 1. The van der Waals surface area contributed by atoms with Crippen molar-refractivity contribution in [3.63, 3.8) is 0 Å². The fourth-order valence-electron chi connectivity index (χ4n) is 1.40. The Balaban J connectivity index is 2.45. The number of hydrogen-bond donors (Lipinski definition) is 1. The largest absolute Gasteiger partial charge is 0.466 e. The van der Waals surface area contributed by atoms with Gasteiger partial charge in [-0.15, -0.1) is 11.3 Å². The smallest absolute Gasteiger partial charge is 0.333 e. The molecule has 94 valence electrons. The molecule has 1 unspecified atom stereocenters. The first kappa shape index (κ1) is 13.9. The third kappa shape index (κ3) is 4.28. The van der Waals surface area contributed by atoms with E-state index in [0.717, 1.165) is 5.01 Å². The number of rotatable bonds is 6. The number of ether oxygens (including phenoxy) is 1. The third-order valence-corrected chi connectivity index (χ3v) is 3.38. The van der Waals surface area contributed by atoms with E-state index in [-0.39, 0.29) is 12.0 Å². The number of hydrogen-bond acceptors (Lipinski definition) is 5. The Morgan fingerprint density at radius 3 is 3.00 bits per heavy atom. The van der Waals surface area contributed by atoms with Gasteiger partial charge in [0.15, 0.2) is 0 Å². The summed E-state index contributed by atoms with van der Waals surface area (Å²) in [4.78, 5) is 15.5. The normalized spacial score (nSPS) is 13.5. The summed E-state index contributed by atoms with van der Waals surface area (Å²) in [5.41, 5.74) is 0.700. The molecule has 1 aromatic heterocycles. The van der Waals surface area contributed by atoms with Gasteiger partial charge >= 0.3 is 5.97 Å². The molecule has 17 heavy (non-hydrogen) atoms. The fourth-order valence-corrected chi connectivity index (χ4v) is 2.07. The van der Waals surface area contributed by atoms with E-state index in [9.17, 15) is 4.79 Å². The van der Waals surface area contributed by atoms with Crippen molar-refractivity contribution in [2.24, 2.45) is 0 Å². The van der Waals surface area contributed by atoms with Gasteiger partial charge in [0.05, 0.1) is 13.2 Å². The van der Waals surface area contributed by atoms with E-state index in [0.29, 0.717) is 18.5 Å². The molecule has 0 spiro atoms. The topological polar surface area (TPSA) is 51.2 Å². The van der Waals surface area contributed by atoms with E-state index in [4.69, 9.17) is 0 Å². The van der Waals surface area contributed by atoms with Crippen LogP contribution in [0.3, 0.4) is 0 Å². The van der Waals surface area contributed by atoms with Crippen LogP contribution >= 0.6 is 11.3 Å². The van der Waals surface area contributed by atoms with E-state index in [1.54, 1.807) is 17.5 Å². The summed E-state index contributed by atoms with van der Waals surface area (Å²) in [5, 5.41) is 6.30. The first-order chi connectivity index (χ1) is 8.19. The molecular weight excluding hydrogens is 236 g/mol. The molecule has 1 atom stereocenters. The van der Waals surface area contributed by atoms with E-state index in [1.807, 2.05) is 18.4 Å². The summed E-state index contributed by atoms with van der Waals surface area (Å²) in [6.45, 7) is 4.63. The van der Waals surface area contributed by atoms with Gasteiger partial charge in [-0.3, -0.25) is 0 Å². The maximum atomic E-state index is 11.3. The zero-order valence-electron chi connectivity index (χ0n) is 10.4. The van der Waals surface area contributed by atoms with Crippen LogP contribution in [0.15, 0.2) is 23.2 Å². The first-order valence-electron chi connectivity index (χ1n) is 5.59. The van der Waals surface area contributed by atoms with Crippen molar-refractivity contribution in [2.45, 2.75) is 26.3 Å². The highest BCUT2D eigenvalue weighted by atomic mass is 32.1. The lowest BCUT2D eigenvalue weighted by molar-refractivity contribution is -0.136. The Morgan fingerprint density at radius 1 is 1.71 bits per heavy atom. The molecular formula is C12H18N2O2S. The maximum absolute atomic E-state index is 11.3. The minimum Gasteiger partial charge on any atom is -0.466 e. The molecule has 0 bridgehead atoms. The van der Waals surface area contributed by atoms with Crippen LogP contribution in [0.25, 0.3) is 0 Å². The zero-order valence-corrected chi connectivity index (χ0v) is 11.2. The monoisotopic (exact) mass is 254 g/mol. The Hall–Kier alpha value is -1.20. The highest BCUT2D eigenvalue weighted by molar-refractivity contribution is 7.09. The van der Waals surface area contributed by atoms with E-state index in [2.05, 4.69) is 22.0 Å². The highest BCUT2D eigenvalue weighted by Crippen LogP contribution is 2.14. The van der Waals surface area contributed by atoms with Crippen LogP contribution < -0.4 is 5.32 Å². The number of aromatic nitrogens is 1. The molecule has 5 heteroatoms. The second-order valence-corrected chi connectivity index (χ2v) is 4.50. The van der Waals surface area contributed by atoms with Crippen molar-refractivity contribution in [1.29, 1.82) is 0 Å². The lowest BCUT2D eigenvalue weighted by Crippen LogP contribution is -2.19. The minimum absolute atomic E-state index is 0.196. The fraction of sp³-hybridized carbons (Fsp3) is 0.500. The molecule has 0 fully saturated rings. The number of methoxy groups -OCH3 is 1. The molecule has 0 aromatic carbocycles. The second-order valence-electron chi connectivity index (χ2n) is 3.57. The summed E-state index contributed by atoms with van der Waals surface area (Å²) < 4.78 is 4.69. The molecule has 0 saturated carbocycles. The van der Waals surface area contributed by atoms with Crippen LogP contribution in [0.5, 0.6) is 0 Å². The van der Waals surface area contributed by atoms with Gasteiger partial charge in [-0.2, -0.15) is 0 Å². The average molecular weight is 254 g/mol. The number of carbonyl (C=O) groups excluding carboxylic acids is 1. The van der Waals surface area contributed by atoms with Crippen LogP contribution in [0.2, 0.25) is 0 Å². The predicted molar refractivity (Wildman–Crippen MR) is 68.9 cm³/mol. The summed E-state index contributed by atoms with van der Waals surface area (Å²) in [6, 6.07) is 0.196. The number of thiazole rings is 1. The van der Waals surface area contributed by atoms with Gasteiger partial charge in [0.25, 0.3) is 0 Å². The summed E-state index contributed by atoms with van der Waals surface area (Å²) >= 11 is 1.62. The van der Waals surface area contributed by atoms with E-state index < -0.39 is 0 Å². The average Bonchev–Trinajstić information content (AvgIpc) is 2.87. The summed E-state index contributed by atoms with van der Waals surface area (Å²) in [6.07, 6.45) is 4.34.